The summed E-state index contributed by atoms with van der Waals surface area (Å²) in [7, 11) is 0. The molecule has 6 nitrogen and oxygen atoms in total. The lowest BCUT2D eigenvalue weighted by Gasteiger charge is -2.15. The molecule has 3 aromatic rings. The van der Waals surface area contributed by atoms with Crippen LogP contribution in [0.3, 0.4) is 0 Å². The molecule has 0 aliphatic carbocycles. The van der Waals surface area contributed by atoms with Gasteiger partial charge in [-0.2, -0.15) is 0 Å². The van der Waals surface area contributed by atoms with E-state index in [-0.39, 0.29) is 6.61 Å². The molecule has 0 aliphatic rings. The van der Waals surface area contributed by atoms with Crippen LogP contribution in [0.25, 0.3) is 0 Å². The van der Waals surface area contributed by atoms with Gasteiger partial charge in [-0.3, -0.25) is 20.4 Å². The first-order chi connectivity index (χ1) is 16.1. The van der Waals surface area contributed by atoms with Crippen LogP contribution < -0.4 is 20.3 Å². The Hall–Kier alpha value is -3.80. The average molecular weight is 447 g/mol. The summed E-state index contributed by atoms with van der Waals surface area (Å²) in [6.45, 7) is 4.52. The Bertz CT molecular complexity index is 1050. The van der Waals surface area contributed by atoms with Gasteiger partial charge >= 0.3 is 0 Å². The lowest BCUT2D eigenvalue weighted by atomic mass is 9.98. The van der Waals surface area contributed by atoms with Gasteiger partial charge in [0.05, 0.1) is 6.61 Å². The first-order valence-electron chi connectivity index (χ1n) is 11.1. The number of ether oxygens (including phenoxy) is 2. The molecule has 6 heteroatoms. The summed E-state index contributed by atoms with van der Waals surface area (Å²) >= 11 is 0. The molecule has 1 atom stereocenters. The molecule has 2 amide bonds. The minimum Gasteiger partial charge on any atom is -0.493 e. The Balaban J connectivity index is 1.45. The smallest absolute Gasteiger partial charge is 0.276 e. The summed E-state index contributed by atoms with van der Waals surface area (Å²) in [6.07, 6.45) is 1.74. The van der Waals surface area contributed by atoms with Crippen molar-refractivity contribution in [1.29, 1.82) is 0 Å². The first kappa shape index (κ1) is 23.9. The minimum atomic E-state index is -0.447. The van der Waals surface area contributed by atoms with Crippen LogP contribution in [-0.2, 0) is 11.2 Å². The number of rotatable bonds is 10. The third-order valence-electron chi connectivity index (χ3n) is 5.34. The number of para-hydroxylation sites is 1. The van der Waals surface area contributed by atoms with Crippen molar-refractivity contribution in [3.8, 4) is 11.5 Å². The second kappa shape index (κ2) is 12.3. The first-order valence-corrected chi connectivity index (χ1v) is 11.1. The zero-order valence-corrected chi connectivity index (χ0v) is 19.0. The van der Waals surface area contributed by atoms with E-state index >= 15 is 0 Å². The molecule has 0 aliphatic heterocycles. The highest BCUT2D eigenvalue weighted by Crippen LogP contribution is 2.28. The summed E-state index contributed by atoms with van der Waals surface area (Å²) in [4.78, 5) is 24.6. The van der Waals surface area contributed by atoms with Crippen molar-refractivity contribution in [2.24, 2.45) is 0 Å². The fraction of sp³-hybridized carbons (Fsp3) is 0.259. The number of nitrogens with one attached hydrogen (secondary N) is 2. The van der Waals surface area contributed by atoms with Crippen molar-refractivity contribution in [2.75, 3.05) is 13.2 Å². The molecule has 0 saturated carbocycles. The van der Waals surface area contributed by atoms with Crippen LogP contribution in [0, 0.1) is 0 Å². The van der Waals surface area contributed by atoms with Crippen molar-refractivity contribution in [1.82, 2.24) is 10.9 Å². The van der Waals surface area contributed by atoms with E-state index < -0.39 is 11.8 Å². The highest BCUT2D eigenvalue weighted by molar-refractivity contribution is 5.95. The Kier molecular flexibility index (Phi) is 8.88. The zero-order valence-electron chi connectivity index (χ0n) is 19.0. The van der Waals surface area contributed by atoms with E-state index in [1.807, 2.05) is 54.6 Å². The van der Waals surface area contributed by atoms with E-state index in [9.17, 15) is 9.59 Å². The highest BCUT2D eigenvalue weighted by atomic mass is 16.5. The number of benzene rings is 3. The number of amides is 2. The molecule has 33 heavy (non-hydrogen) atoms. The second-order valence-corrected chi connectivity index (χ2v) is 7.75. The van der Waals surface area contributed by atoms with Crippen molar-refractivity contribution in [3.63, 3.8) is 0 Å². The lowest BCUT2D eigenvalue weighted by Crippen LogP contribution is -2.43. The summed E-state index contributed by atoms with van der Waals surface area (Å²) in [5, 5.41) is 0. The van der Waals surface area contributed by atoms with Gasteiger partial charge in [-0.15, -0.1) is 0 Å². The van der Waals surface area contributed by atoms with Crippen LogP contribution in [0.4, 0.5) is 0 Å². The highest BCUT2D eigenvalue weighted by Gasteiger charge is 2.12. The van der Waals surface area contributed by atoms with Gasteiger partial charge in [0.1, 0.15) is 11.5 Å². The van der Waals surface area contributed by atoms with Crippen LogP contribution in [0.1, 0.15) is 47.7 Å². The molecule has 0 aromatic heterocycles. The summed E-state index contributed by atoms with van der Waals surface area (Å²) in [6, 6.07) is 24.5. The van der Waals surface area contributed by atoms with Crippen LogP contribution in [0.5, 0.6) is 11.5 Å². The molecule has 3 aromatic carbocycles. The Morgan fingerprint density at radius 1 is 0.879 bits per heavy atom. The van der Waals surface area contributed by atoms with Gasteiger partial charge < -0.3 is 9.47 Å². The maximum absolute atomic E-state index is 12.4. The van der Waals surface area contributed by atoms with Gasteiger partial charge in [0.25, 0.3) is 11.8 Å². The Morgan fingerprint density at radius 2 is 1.64 bits per heavy atom. The molecule has 2 N–H and O–H groups in total. The fourth-order valence-corrected chi connectivity index (χ4v) is 3.28. The van der Waals surface area contributed by atoms with E-state index in [1.54, 1.807) is 24.3 Å². The number of hydrazine groups is 1. The maximum atomic E-state index is 12.4. The number of hydrogen-bond acceptors (Lipinski definition) is 4. The molecular formula is C27H30N2O4. The molecule has 0 fully saturated rings. The van der Waals surface area contributed by atoms with Gasteiger partial charge in [0, 0.05) is 12.0 Å². The maximum Gasteiger partial charge on any atom is 0.276 e. The number of carbonyl (C=O) groups is 2. The van der Waals surface area contributed by atoms with Crippen LogP contribution in [0.15, 0.2) is 78.9 Å². The molecule has 0 heterocycles. The van der Waals surface area contributed by atoms with Crippen molar-refractivity contribution < 1.29 is 19.1 Å². The normalized spacial score (nSPS) is 11.3. The van der Waals surface area contributed by atoms with E-state index in [0.717, 1.165) is 18.4 Å². The SMILES string of the molecule is CCC(C)c1ccccc1OCC(=O)NNC(=O)c1cccc(OCCc2ccccc2)c1. The Labute approximate surface area is 194 Å². The quantitative estimate of drug-likeness (QED) is 0.444. The molecule has 3 rings (SSSR count). The monoisotopic (exact) mass is 446 g/mol. The standard InChI is InChI=1S/C27H30N2O4/c1-3-20(2)24-14-7-8-15-25(24)33-19-26(30)28-29-27(31)22-12-9-13-23(18-22)32-17-16-21-10-5-4-6-11-21/h4-15,18,20H,3,16-17,19H2,1-2H3,(H,28,30)(H,29,31). The van der Waals surface area contributed by atoms with Crippen molar-refractivity contribution in [2.45, 2.75) is 32.6 Å². The van der Waals surface area contributed by atoms with E-state index in [1.165, 1.54) is 5.56 Å². The Morgan fingerprint density at radius 3 is 2.42 bits per heavy atom. The molecule has 0 radical (unpaired) electrons. The zero-order chi connectivity index (χ0) is 23.5. The van der Waals surface area contributed by atoms with Crippen molar-refractivity contribution >= 4 is 11.8 Å². The molecule has 0 spiro atoms. The minimum absolute atomic E-state index is 0.198. The third-order valence-corrected chi connectivity index (χ3v) is 5.34. The molecule has 172 valence electrons. The largest absolute Gasteiger partial charge is 0.493 e. The van der Waals surface area contributed by atoms with E-state index in [0.29, 0.717) is 29.6 Å². The predicted octanol–water partition coefficient (Wildman–Crippen LogP) is 4.66. The van der Waals surface area contributed by atoms with Crippen molar-refractivity contribution in [3.05, 3.63) is 95.6 Å². The van der Waals surface area contributed by atoms with Crippen LogP contribution in [0.2, 0.25) is 0 Å². The fourth-order valence-electron chi connectivity index (χ4n) is 3.28. The van der Waals surface area contributed by atoms with Gasteiger partial charge in [-0.1, -0.05) is 68.4 Å². The summed E-state index contributed by atoms with van der Waals surface area (Å²) < 4.78 is 11.4. The van der Waals surface area contributed by atoms with Gasteiger partial charge in [-0.05, 0) is 47.7 Å². The molecule has 0 bridgehead atoms. The van der Waals surface area contributed by atoms with Gasteiger partial charge in [0.2, 0.25) is 0 Å². The van der Waals surface area contributed by atoms with Crippen LogP contribution in [-0.4, -0.2) is 25.0 Å². The number of carbonyl (C=O) groups excluding carboxylic acids is 2. The summed E-state index contributed by atoms with van der Waals surface area (Å²) in [5.74, 6) is 0.712. The van der Waals surface area contributed by atoms with Gasteiger partial charge in [-0.25, -0.2) is 0 Å². The van der Waals surface area contributed by atoms with E-state index in [2.05, 4.69) is 24.7 Å². The lowest BCUT2D eigenvalue weighted by molar-refractivity contribution is -0.123. The van der Waals surface area contributed by atoms with Gasteiger partial charge in [0.15, 0.2) is 6.61 Å². The van der Waals surface area contributed by atoms with Crippen LogP contribution >= 0.6 is 0 Å². The predicted molar refractivity (Wildman–Crippen MR) is 128 cm³/mol. The topological polar surface area (TPSA) is 76.7 Å². The van der Waals surface area contributed by atoms with E-state index in [4.69, 9.17) is 9.47 Å². The molecule has 0 saturated heterocycles. The molecular weight excluding hydrogens is 416 g/mol. The third kappa shape index (κ3) is 7.38. The molecule has 1 unspecified atom stereocenters. The average Bonchev–Trinajstić information content (AvgIpc) is 2.86. The second-order valence-electron chi connectivity index (χ2n) is 7.75. The number of hydrogen-bond donors (Lipinski definition) is 2. The summed E-state index contributed by atoms with van der Waals surface area (Å²) in [5.41, 5.74) is 7.44.